The molecule has 0 aliphatic rings. The Morgan fingerprint density at radius 1 is 0.474 bits per heavy atom. The number of carbonyl (C=O) groups is 2. The maximum atomic E-state index is 13.3. The van der Waals surface area contributed by atoms with Gasteiger partial charge in [0.2, 0.25) is 0 Å². The Bertz CT molecular complexity index is 1270. The van der Waals surface area contributed by atoms with Crippen molar-refractivity contribution in [2.45, 2.75) is 27.7 Å². The molecule has 0 aliphatic carbocycles. The second-order valence-electron chi connectivity index (χ2n) is 9.26. The summed E-state index contributed by atoms with van der Waals surface area (Å²) in [6, 6.07) is 30.9. The van der Waals surface area contributed by atoms with Gasteiger partial charge in [0.05, 0.1) is 0 Å². The van der Waals surface area contributed by atoms with Crippen molar-refractivity contribution >= 4 is 22.9 Å². The standard InChI is InChI=1S/C34H36N2O2/c1-5-35(6-2)31-19-15-25(16-20-31)33(37)29-13-9-11-27(23-29)28-12-10-14-30(24-28)34(38)26-17-21-32(22-18-26)36(7-3)8-4/h9-24H,5-8H2,1-4H3. The minimum atomic E-state index is -0.0153. The summed E-state index contributed by atoms with van der Waals surface area (Å²) in [4.78, 5) is 31.0. The maximum Gasteiger partial charge on any atom is 0.193 e. The van der Waals surface area contributed by atoms with Gasteiger partial charge in [-0.2, -0.15) is 0 Å². The van der Waals surface area contributed by atoms with Gasteiger partial charge in [-0.05, 0) is 99.5 Å². The van der Waals surface area contributed by atoms with Gasteiger partial charge < -0.3 is 9.80 Å². The minimum absolute atomic E-state index is 0.0153. The van der Waals surface area contributed by atoms with E-state index in [-0.39, 0.29) is 11.6 Å². The van der Waals surface area contributed by atoms with Gasteiger partial charge in [-0.15, -0.1) is 0 Å². The molecule has 0 bridgehead atoms. The number of hydrogen-bond donors (Lipinski definition) is 0. The normalized spacial score (nSPS) is 10.7. The fraction of sp³-hybridized carbons (Fsp3) is 0.235. The molecule has 0 amide bonds. The number of anilines is 2. The summed E-state index contributed by atoms with van der Waals surface area (Å²) in [7, 11) is 0. The first-order valence-corrected chi connectivity index (χ1v) is 13.5. The van der Waals surface area contributed by atoms with Crippen LogP contribution in [-0.4, -0.2) is 37.7 Å². The second kappa shape index (κ2) is 12.4. The van der Waals surface area contributed by atoms with Crippen LogP contribution >= 0.6 is 0 Å². The Hall–Kier alpha value is -4.18. The monoisotopic (exact) mass is 504 g/mol. The van der Waals surface area contributed by atoms with Gasteiger partial charge in [-0.1, -0.05) is 36.4 Å². The molecule has 4 aromatic rings. The molecule has 4 aromatic carbocycles. The highest BCUT2D eigenvalue weighted by Crippen LogP contribution is 2.25. The van der Waals surface area contributed by atoms with Crippen LogP contribution in [0.25, 0.3) is 11.1 Å². The van der Waals surface area contributed by atoms with Gasteiger partial charge in [-0.3, -0.25) is 9.59 Å². The van der Waals surface area contributed by atoms with Crippen LogP contribution in [0.15, 0.2) is 97.1 Å². The molecule has 0 N–H and O–H groups in total. The van der Waals surface area contributed by atoms with Gasteiger partial charge in [-0.25, -0.2) is 0 Å². The number of nitrogens with zero attached hydrogens (tertiary/aromatic N) is 2. The second-order valence-corrected chi connectivity index (χ2v) is 9.26. The molecular formula is C34H36N2O2. The van der Waals surface area contributed by atoms with Gasteiger partial charge in [0.1, 0.15) is 0 Å². The lowest BCUT2D eigenvalue weighted by atomic mass is 9.95. The lowest BCUT2D eigenvalue weighted by Gasteiger charge is -2.21. The van der Waals surface area contributed by atoms with Crippen LogP contribution in [0, 0.1) is 0 Å². The van der Waals surface area contributed by atoms with Gasteiger partial charge in [0.15, 0.2) is 11.6 Å². The number of ketones is 2. The minimum Gasteiger partial charge on any atom is -0.372 e. The summed E-state index contributed by atoms with van der Waals surface area (Å²) in [5.41, 5.74) is 6.62. The van der Waals surface area contributed by atoms with Crippen LogP contribution in [0.5, 0.6) is 0 Å². The van der Waals surface area contributed by atoms with Crippen LogP contribution in [0.1, 0.15) is 59.5 Å². The molecule has 0 spiro atoms. The molecule has 194 valence electrons. The predicted molar refractivity (Wildman–Crippen MR) is 159 cm³/mol. The quantitative estimate of drug-likeness (QED) is 0.198. The van der Waals surface area contributed by atoms with Crippen LogP contribution in [-0.2, 0) is 0 Å². The Morgan fingerprint density at radius 2 is 0.816 bits per heavy atom. The highest BCUT2D eigenvalue weighted by atomic mass is 16.1. The number of hydrogen-bond acceptors (Lipinski definition) is 4. The molecular weight excluding hydrogens is 468 g/mol. The molecule has 0 saturated carbocycles. The first-order chi connectivity index (χ1) is 18.5. The summed E-state index contributed by atoms with van der Waals surface area (Å²) >= 11 is 0. The van der Waals surface area contributed by atoms with Crippen LogP contribution in [0.2, 0.25) is 0 Å². The lowest BCUT2D eigenvalue weighted by molar-refractivity contribution is 0.103. The fourth-order valence-corrected chi connectivity index (χ4v) is 4.84. The molecule has 38 heavy (non-hydrogen) atoms. The predicted octanol–water partition coefficient (Wildman–Crippen LogP) is 7.51. The van der Waals surface area contributed by atoms with Crippen LogP contribution in [0.4, 0.5) is 11.4 Å². The van der Waals surface area contributed by atoms with E-state index in [1.54, 1.807) is 0 Å². The average molecular weight is 505 g/mol. The van der Waals surface area contributed by atoms with E-state index in [0.29, 0.717) is 22.3 Å². The van der Waals surface area contributed by atoms with E-state index >= 15 is 0 Å². The number of rotatable bonds is 11. The Kier molecular flexibility index (Phi) is 8.75. The molecule has 0 fully saturated rings. The third kappa shape index (κ3) is 5.86. The van der Waals surface area contributed by atoms with Gasteiger partial charge in [0.25, 0.3) is 0 Å². The fourth-order valence-electron chi connectivity index (χ4n) is 4.84. The lowest BCUT2D eigenvalue weighted by Crippen LogP contribution is -2.21. The van der Waals surface area contributed by atoms with E-state index in [4.69, 9.17) is 0 Å². The third-order valence-corrected chi connectivity index (χ3v) is 7.10. The highest BCUT2D eigenvalue weighted by molar-refractivity contribution is 6.11. The SMILES string of the molecule is CCN(CC)c1ccc(C(=O)c2cccc(-c3cccc(C(=O)c4ccc(N(CC)CC)cc4)c3)c2)cc1. The summed E-state index contributed by atoms with van der Waals surface area (Å²) < 4.78 is 0. The van der Waals surface area contributed by atoms with Crippen molar-refractivity contribution in [1.82, 2.24) is 0 Å². The Balaban J connectivity index is 1.55. The summed E-state index contributed by atoms with van der Waals surface area (Å²) in [6.45, 7) is 12.2. The van der Waals surface area contributed by atoms with Crippen molar-refractivity contribution in [3.63, 3.8) is 0 Å². The molecule has 0 aromatic heterocycles. The van der Waals surface area contributed by atoms with Crippen molar-refractivity contribution in [2.75, 3.05) is 36.0 Å². The summed E-state index contributed by atoms with van der Waals surface area (Å²) in [5.74, 6) is -0.0306. The largest absolute Gasteiger partial charge is 0.372 e. The highest BCUT2D eigenvalue weighted by Gasteiger charge is 2.14. The Morgan fingerprint density at radius 3 is 1.13 bits per heavy atom. The zero-order chi connectivity index (χ0) is 27.1. The topological polar surface area (TPSA) is 40.6 Å². The zero-order valence-electron chi connectivity index (χ0n) is 22.8. The molecule has 4 rings (SSSR count). The van der Waals surface area contributed by atoms with Crippen molar-refractivity contribution < 1.29 is 9.59 Å². The molecule has 0 aliphatic heterocycles. The summed E-state index contributed by atoms with van der Waals surface area (Å²) in [5, 5.41) is 0. The zero-order valence-corrected chi connectivity index (χ0v) is 22.8. The molecule has 0 heterocycles. The number of carbonyl (C=O) groups excluding carboxylic acids is 2. The van der Waals surface area contributed by atoms with Gasteiger partial charge in [0, 0.05) is 59.8 Å². The first kappa shape index (κ1) is 26.9. The first-order valence-electron chi connectivity index (χ1n) is 13.5. The van der Waals surface area contributed by atoms with E-state index in [9.17, 15) is 9.59 Å². The maximum absolute atomic E-state index is 13.3. The van der Waals surface area contributed by atoms with E-state index in [1.807, 2.05) is 97.1 Å². The summed E-state index contributed by atoms with van der Waals surface area (Å²) in [6.07, 6.45) is 0. The number of benzene rings is 4. The van der Waals surface area contributed by atoms with E-state index in [0.717, 1.165) is 48.7 Å². The van der Waals surface area contributed by atoms with Crippen LogP contribution in [0.3, 0.4) is 0 Å². The van der Waals surface area contributed by atoms with Crippen molar-refractivity contribution in [2.24, 2.45) is 0 Å². The third-order valence-electron chi connectivity index (χ3n) is 7.10. The molecule has 0 saturated heterocycles. The van der Waals surface area contributed by atoms with Crippen molar-refractivity contribution in [3.05, 3.63) is 119 Å². The van der Waals surface area contributed by atoms with E-state index in [2.05, 4.69) is 37.5 Å². The molecule has 4 nitrogen and oxygen atoms in total. The van der Waals surface area contributed by atoms with Crippen molar-refractivity contribution in [1.29, 1.82) is 0 Å². The molecule has 4 heteroatoms. The van der Waals surface area contributed by atoms with Crippen molar-refractivity contribution in [3.8, 4) is 11.1 Å². The molecule has 0 atom stereocenters. The van der Waals surface area contributed by atoms with Crippen LogP contribution < -0.4 is 9.80 Å². The molecule has 0 radical (unpaired) electrons. The van der Waals surface area contributed by atoms with E-state index < -0.39 is 0 Å². The van der Waals surface area contributed by atoms with E-state index in [1.165, 1.54) is 0 Å². The average Bonchev–Trinajstić information content (AvgIpc) is 2.98. The van der Waals surface area contributed by atoms with Gasteiger partial charge >= 0.3 is 0 Å². The Labute approximate surface area is 226 Å². The smallest absolute Gasteiger partial charge is 0.193 e. The molecule has 0 unspecified atom stereocenters.